The van der Waals surface area contributed by atoms with Gasteiger partial charge in [-0.15, -0.1) is 0 Å². The van der Waals surface area contributed by atoms with E-state index in [2.05, 4.69) is 15.7 Å². The normalized spacial score (nSPS) is 14.0. The van der Waals surface area contributed by atoms with Crippen LogP contribution in [0, 0.1) is 10.1 Å². The van der Waals surface area contributed by atoms with Crippen LogP contribution in [-0.2, 0) is 0 Å². The zero-order valence-electron chi connectivity index (χ0n) is 17.5. The molecular formula is C22H21ClN6O4. The number of rotatable bonds is 5. The Labute approximate surface area is 193 Å². The number of nitro groups is 1. The van der Waals surface area contributed by atoms with Crippen LogP contribution in [0.15, 0.2) is 65.6 Å². The summed E-state index contributed by atoms with van der Waals surface area (Å²) in [5, 5.41) is 20.8. The van der Waals surface area contributed by atoms with E-state index >= 15 is 0 Å². The third-order valence-electron chi connectivity index (χ3n) is 5.41. The molecule has 1 saturated heterocycles. The van der Waals surface area contributed by atoms with E-state index in [0.717, 1.165) is 10.4 Å². The number of carbonyl (C=O) groups excluding carboxylic acids is 1. The highest BCUT2D eigenvalue weighted by molar-refractivity contribution is 6.33. The van der Waals surface area contributed by atoms with Crippen LogP contribution in [0.4, 0.5) is 21.9 Å². The average Bonchev–Trinajstić information content (AvgIpc) is 2.82. The van der Waals surface area contributed by atoms with E-state index in [0.29, 0.717) is 37.3 Å². The number of urea groups is 1. The van der Waals surface area contributed by atoms with Gasteiger partial charge in [0.25, 0.3) is 11.2 Å². The molecule has 33 heavy (non-hydrogen) atoms. The van der Waals surface area contributed by atoms with Crippen LogP contribution in [0.3, 0.4) is 0 Å². The summed E-state index contributed by atoms with van der Waals surface area (Å²) in [6.07, 6.45) is 2.88. The van der Waals surface area contributed by atoms with Crippen LogP contribution in [0.5, 0.6) is 0 Å². The predicted octanol–water partition coefficient (Wildman–Crippen LogP) is 3.58. The molecule has 0 radical (unpaired) electrons. The SMILES string of the molecule is O=C(Nc1ccccc1)NC1CCN(c2cnn(-c3ccc([N+](=O)[O-])cc3)c(=O)c2Cl)CC1. The van der Waals surface area contributed by atoms with Crippen molar-refractivity contribution in [1.29, 1.82) is 0 Å². The van der Waals surface area contributed by atoms with Crippen molar-refractivity contribution in [1.82, 2.24) is 15.1 Å². The number of anilines is 2. The summed E-state index contributed by atoms with van der Waals surface area (Å²) in [5.74, 6) is 0. The molecular weight excluding hydrogens is 448 g/mol. The van der Waals surface area contributed by atoms with Crippen LogP contribution < -0.4 is 21.1 Å². The molecule has 1 fully saturated rings. The molecule has 1 aliphatic rings. The van der Waals surface area contributed by atoms with Gasteiger partial charge in [0.05, 0.1) is 22.5 Å². The molecule has 0 atom stereocenters. The highest BCUT2D eigenvalue weighted by atomic mass is 35.5. The van der Waals surface area contributed by atoms with Gasteiger partial charge in [-0.1, -0.05) is 29.8 Å². The van der Waals surface area contributed by atoms with Crippen molar-refractivity contribution in [3.8, 4) is 5.69 Å². The quantitative estimate of drug-likeness (QED) is 0.436. The molecule has 1 aliphatic heterocycles. The zero-order valence-corrected chi connectivity index (χ0v) is 18.2. The third kappa shape index (κ3) is 5.12. The van der Waals surface area contributed by atoms with Gasteiger partial charge in [0, 0.05) is 37.0 Å². The minimum atomic E-state index is -0.514. The summed E-state index contributed by atoms with van der Waals surface area (Å²) in [6, 6.07) is 14.4. The van der Waals surface area contributed by atoms with Gasteiger partial charge in [-0.2, -0.15) is 9.78 Å². The fourth-order valence-electron chi connectivity index (χ4n) is 3.68. The number of piperidine rings is 1. The Bertz CT molecular complexity index is 1210. The summed E-state index contributed by atoms with van der Waals surface area (Å²) in [5.41, 5.74) is 1.03. The number of non-ortho nitro benzene ring substituents is 1. The molecule has 4 rings (SSSR count). The lowest BCUT2D eigenvalue weighted by atomic mass is 10.0. The number of halogens is 1. The molecule has 2 amide bonds. The van der Waals surface area contributed by atoms with Crippen LogP contribution >= 0.6 is 11.6 Å². The van der Waals surface area contributed by atoms with Gasteiger partial charge in [-0.25, -0.2) is 4.79 Å². The molecule has 3 aromatic rings. The first-order valence-electron chi connectivity index (χ1n) is 10.3. The van der Waals surface area contributed by atoms with Crippen molar-refractivity contribution in [3.05, 3.63) is 86.3 Å². The molecule has 2 heterocycles. The number of hydrogen-bond donors (Lipinski definition) is 2. The minimum absolute atomic E-state index is 0.00261. The molecule has 0 spiro atoms. The number of nitro benzene ring substituents is 1. The number of para-hydroxylation sites is 1. The molecule has 0 aliphatic carbocycles. The van der Waals surface area contributed by atoms with Crippen LogP contribution in [0.1, 0.15) is 12.8 Å². The maximum atomic E-state index is 12.8. The Morgan fingerprint density at radius 1 is 1.09 bits per heavy atom. The molecule has 2 aromatic carbocycles. The summed E-state index contributed by atoms with van der Waals surface area (Å²) in [6.45, 7) is 1.19. The van der Waals surface area contributed by atoms with E-state index in [1.54, 1.807) is 0 Å². The Morgan fingerprint density at radius 3 is 2.39 bits per heavy atom. The zero-order chi connectivity index (χ0) is 23.4. The van der Waals surface area contributed by atoms with E-state index in [1.165, 1.54) is 30.5 Å². The molecule has 0 unspecified atom stereocenters. The summed E-state index contributed by atoms with van der Waals surface area (Å²) in [4.78, 5) is 37.3. The van der Waals surface area contributed by atoms with Crippen LogP contribution in [0.2, 0.25) is 5.02 Å². The number of hydrogen-bond acceptors (Lipinski definition) is 6. The Kier molecular flexibility index (Phi) is 6.55. The number of aromatic nitrogens is 2. The molecule has 1 aromatic heterocycles. The smallest absolute Gasteiger partial charge is 0.319 e. The number of nitrogens with zero attached hydrogens (tertiary/aromatic N) is 4. The van der Waals surface area contributed by atoms with E-state index in [1.807, 2.05) is 35.2 Å². The molecule has 11 heteroatoms. The second-order valence-electron chi connectivity index (χ2n) is 7.56. The van der Waals surface area contributed by atoms with Crippen molar-refractivity contribution < 1.29 is 9.72 Å². The van der Waals surface area contributed by atoms with Gasteiger partial charge in [-0.05, 0) is 37.1 Å². The lowest BCUT2D eigenvalue weighted by Gasteiger charge is -2.34. The average molecular weight is 469 g/mol. The number of carbonyl (C=O) groups is 1. The second-order valence-corrected chi connectivity index (χ2v) is 7.94. The molecule has 10 nitrogen and oxygen atoms in total. The largest absolute Gasteiger partial charge is 0.369 e. The van der Waals surface area contributed by atoms with Gasteiger partial charge in [0.15, 0.2) is 0 Å². The van der Waals surface area contributed by atoms with E-state index in [9.17, 15) is 19.7 Å². The predicted molar refractivity (Wildman–Crippen MR) is 125 cm³/mol. The third-order valence-corrected chi connectivity index (χ3v) is 5.76. The van der Waals surface area contributed by atoms with Crippen molar-refractivity contribution in [2.75, 3.05) is 23.3 Å². The van der Waals surface area contributed by atoms with E-state index in [4.69, 9.17) is 11.6 Å². The first-order valence-corrected chi connectivity index (χ1v) is 10.7. The maximum absolute atomic E-state index is 12.8. The van der Waals surface area contributed by atoms with Gasteiger partial charge in [0.2, 0.25) is 0 Å². The molecule has 170 valence electrons. The van der Waals surface area contributed by atoms with Crippen molar-refractivity contribution in [2.24, 2.45) is 0 Å². The Morgan fingerprint density at radius 2 is 1.76 bits per heavy atom. The lowest BCUT2D eigenvalue weighted by molar-refractivity contribution is -0.384. The van der Waals surface area contributed by atoms with Gasteiger partial charge in [-0.3, -0.25) is 14.9 Å². The number of amides is 2. The van der Waals surface area contributed by atoms with Crippen molar-refractivity contribution in [2.45, 2.75) is 18.9 Å². The summed E-state index contributed by atoms with van der Waals surface area (Å²) >= 11 is 6.37. The Balaban J connectivity index is 1.39. The molecule has 0 bridgehead atoms. The van der Waals surface area contributed by atoms with Gasteiger partial charge >= 0.3 is 6.03 Å². The standard InChI is InChI=1S/C22H21ClN6O4/c23-20-19(14-24-28(21(20)30)17-6-8-18(9-7-17)29(32)33)27-12-10-16(11-13-27)26-22(31)25-15-4-2-1-3-5-15/h1-9,14,16H,10-13H2,(H2,25,26,31). The monoisotopic (exact) mass is 468 g/mol. The fraction of sp³-hybridized carbons (Fsp3) is 0.227. The number of nitrogens with one attached hydrogen (secondary N) is 2. The van der Waals surface area contributed by atoms with Gasteiger partial charge in [0.1, 0.15) is 5.02 Å². The van der Waals surface area contributed by atoms with E-state index in [-0.39, 0.29) is 22.8 Å². The second kappa shape index (κ2) is 9.70. The minimum Gasteiger partial charge on any atom is -0.369 e. The van der Waals surface area contributed by atoms with Crippen LogP contribution in [-0.4, -0.2) is 39.9 Å². The summed E-state index contributed by atoms with van der Waals surface area (Å²) in [7, 11) is 0. The maximum Gasteiger partial charge on any atom is 0.319 e. The van der Waals surface area contributed by atoms with E-state index < -0.39 is 10.5 Å². The Hall–Kier alpha value is -3.92. The van der Waals surface area contributed by atoms with Crippen molar-refractivity contribution in [3.63, 3.8) is 0 Å². The first-order chi connectivity index (χ1) is 15.9. The first kappa shape index (κ1) is 22.3. The van der Waals surface area contributed by atoms with Crippen LogP contribution in [0.25, 0.3) is 5.69 Å². The fourth-order valence-corrected chi connectivity index (χ4v) is 3.93. The van der Waals surface area contributed by atoms with Gasteiger partial charge < -0.3 is 15.5 Å². The van der Waals surface area contributed by atoms with Crippen molar-refractivity contribution >= 4 is 34.7 Å². The lowest BCUT2D eigenvalue weighted by Crippen LogP contribution is -2.46. The highest BCUT2D eigenvalue weighted by Gasteiger charge is 2.24. The highest BCUT2D eigenvalue weighted by Crippen LogP contribution is 2.25. The molecule has 2 N–H and O–H groups in total. The number of benzene rings is 2. The topological polar surface area (TPSA) is 122 Å². The summed E-state index contributed by atoms with van der Waals surface area (Å²) < 4.78 is 1.11. The molecule has 0 saturated carbocycles.